The Kier molecular flexibility index (Phi) is 3.11. The summed E-state index contributed by atoms with van der Waals surface area (Å²) in [6, 6.07) is 2.67. The van der Waals surface area contributed by atoms with Gasteiger partial charge in [0.15, 0.2) is 0 Å². The molecule has 106 valence electrons. The van der Waals surface area contributed by atoms with Crippen LogP contribution in [0.5, 0.6) is 0 Å². The number of aromatic nitrogens is 2. The third-order valence-corrected chi connectivity index (χ3v) is 4.52. The number of piperidine rings is 1. The van der Waals surface area contributed by atoms with Crippen LogP contribution in [0.15, 0.2) is 18.5 Å². The van der Waals surface area contributed by atoms with Crippen LogP contribution in [0.2, 0.25) is 0 Å². The predicted molar refractivity (Wildman–Crippen MR) is 82.0 cm³/mol. The van der Waals surface area contributed by atoms with E-state index in [2.05, 4.69) is 32.9 Å². The molecule has 2 aromatic rings. The first-order chi connectivity index (χ1) is 9.90. The lowest BCUT2D eigenvalue weighted by Crippen LogP contribution is -2.38. The molecule has 3 heterocycles. The molecule has 1 aliphatic carbocycles. The molecule has 1 saturated heterocycles. The number of aromatic amines is 1. The maximum Gasteiger partial charge on any atom is 0.139 e. The molecule has 4 rings (SSSR count). The second kappa shape index (κ2) is 5.09. The first kappa shape index (κ1) is 12.2. The SMILES string of the molecule is c1cc(N[C@@H]2CCCNC2)c2c(CC3CC3)c[nH]c2n1. The standard InChI is InChI=1S/C16H22N4/c1-2-13(10-17-6-1)20-14-5-7-18-16-15(14)12(9-19-16)8-11-3-4-11/h5,7,9,11,13,17H,1-4,6,8,10H2,(H2,18,19,20)/t13-/m1/s1. The fourth-order valence-electron chi connectivity index (χ4n) is 3.23. The number of H-pyrrole nitrogens is 1. The zero-order valence-corrected chi connectivity index (χ0v) is 11.8. The number of hydrogen-bond donors (Lipinski definition) is 3. The number of fused-ring (bicyclic) bond motifs is 1. The highest BCUT2D eigenvalue weighted by Gasteiger charge is 2.24. The van der Waals surface area contributed by atoms with Crippen LogP contribution in [0.25, 0.3) is 11.0 Å². The lowest BCUT2D eigenvalue weighted by molar-refractivity contribution is 0.480. The highest BCUT2D eigenvalue weighted by Crippen LogP contribution is 2.36. The van der Waals surface area contributed by atoms with Gasteiger partial charge in [0.25, 0.3) is 0 Å². The molecule has 0 radical (unpaired) electrons. The molecule has 0 unspecified atom stereocenters. The van der Waals surface area contributed by atoms with Crippen molar-refractivity contribution in [3.05, 3.63) is 24.0 Å². The summed E-state index contributed by atoms with van der Waals surface area (Å²) in [6.45, 7) is 2.22. The molecule has 2 aliphatic rings. The van der Waals surface area contributed by atoms with Crippen molar-refractivity contribution in [2.75, 3.05) is 18.4 Å². The number of anilines is 1. The molecule has 1 saturated carbocycles. The predicted octanol–water partition coefficient (Wildman–Crippen LogP) is 2.68. The molecule has 0 spiro atoms. The van der Waals surface area contributed by atoms with Gasteiger partial charge in [0.2, 0.25) is 0 Å². The number of rotatable bonds is 4. The van der Waals surface area contributed by atoms with Gasteiger partial charge in [-0.3, -0.25) is 0 Å². The Balaban J connectivity index is 1.64. The Morgan fingerprint density at radius 3 is 3.05 bits per heavy atom. The van der Waals surface area contributed by atoms with Crippen LogP contribution in [-0.4, -0.2) is 29.1 Å². The highest BCUT2D eigenvalue weighted by molar-refractivity contribution is 5.92. The van der Waals surface area contributed by atoms with E-state index in [9.17, 15) is 0 Å². The maximum atomic E-state index is 4.47. The van der Waals surface area contributed by atoms with Gasteiger partial charge in [-0.15, -0.1) is 0 Å². The van der Waals surface area contributed by atoms with E-state index in [1.54, 1.807) is 0 Å². The topological polar surface area (TPSA) is 52.7 Å². The van der Waals surface area contributed by atoms with Gasteiger partial charge in [0.1, 0.15) is 5.65 Å². The molecule has 20 heavy (non-hydrogen) atoms. The maximum absolute atomic E-state index is 4.47. The Morgan fingerprint density at radius 1 is 1.30 bits per heavy atom. The monoisotopic (exact) mass is 270 g/mol. The number of nitrogens with zero attached hydrogens (tertiary/aromatic N) is 1. The zero-order valence-electron chi connectivity index (χ0n) is 11.8. The second-order valence-electron chi connectivity index (χ2n) is 6.23. The van der Waals surface area contributed by atoms with E-state index in [-0.39, 0.29) is 0 Å². The normalized spacial score (nSPS) is 23.1. The highest BCUT2D eigenvalue weighted by atomic mass is 15.0. The van der Waals surface area contributed by atoms with Gasteiger partial charge in [-0.25, -0.2) is 4.98 Å². The van der Waals surface area contributed by atoms with E-state index < -0.39 is 0 Å². The largest absolute Gasteiger partial charge is 0.380 e. The van der Waals surface area contributed by atoms with Crippen LogP contribution in [0.3, 0.4) is 0 Å². The van der Waals surface area contributed by atoms with Gasteiger partial charge in [0, 0.05) is 36.1 Å². The lowest BCUT2D eigenvalue weighted by Gasteiger charge is -2.25. The van der Waals surface area contributed by atoms with Crippen molar-refractivity contribution in [3.63, 3.8) is 0 Å². The van der Waals surface area contributed by atoms with Crippen LogP contribution < -0.4 is 10.6 Å². The molecular weight excluding hydrogens is 248 g/mol. The summed E-state index contributed by atoms with van der Waals surface area (Å²) < 4.78 is 0. The Bertz CT molecular complexity index is 594. The van der Waals surface area contributed by atoms with Gasteiger partial charge in [-0.2, -0.15) is 0 Å². The van der Waals surface area contributed by atoms with E-state index in [0.29, 0.717) is 6.04 Å². The molecule has 0 amide bonds. The van der Waals surface area contributed by atoms with Crippen molar-refractivity contribution in [1.29, 1.82) is 0 Å². The third kappa shape index (κ3) is 2.40. The summed E-state index contributed by atoms with van der Waals surface area (Å²) in [7, 11) is 0. The summed E-state index contributed by atoms with van der Waals surface area (Å²) in [6.07, 6.45) is 10.5. The minimum atomic E-state index is 0.540. The van der Waals surface area contributed by atoms with Crippen molar-refractivity contribution < 1.29 is 0 Å². The molecule has 1 aliphatic heterocycles. The van der Waals surface area contributed by atoms with E-state index in [0.717, 1.165) is 24.7 Å². The summed E-state index contributed by atoms with van der Waals surface area (Å²) >= 11 is 0. The molecule has 0 aromatic carbocycles. The first-order valence-corrected chi connectivity index (χ1v) is 7.82. The number of pyridine rings is 1. The van der Waals surface area contributed by atoms with Gasteiger partial charge in [-0.1, -0.05) is 0 Å². The molecule has 1 atom stereocenters. The smallest absolute Gasteiger partial charge is 0.139 e. The van der Waals surface area contributed by atoms with Crippen LogP contribution in [0.4, 0.5) is 5.69 Å². The van der Waals surface area contributed by atoms with Crippen molar-refractivity contribution >= 4 is 16.7 Å². The van der Waals surface area contributed by atoms with Crippen molar-refractivity contribution in [1.82, 2.24) is 15.3 Å². The fourth-order valence-corrected chi connectivity index (χ4v) is 3.23. The molecule has 2 aromatic heterocycles. The fraction of sp³-hybridized carbons (Fsp3) is 0.562. The van der Waals surface area contributed by atoms with Gasteiger partial charge in [0.05, 0.1) is 0 Å². The van der Waals surface area contributed by atoms with Crippen molar-refractivity contribution in [3.8, 4) is 0 Å². The van der Waals surface area contributed by atoms with Crippen LogP contribution in [0, 0.1) is 5.92 Å². The Morgan fingerprint density at radius 2 is 2.25 bits per heavy atom. The van der Waals surface area contributed by atoms with Crippen molar-refractivity contribution in [2.24, 2.45) is 5.92 Å². The van der Waals surface area contributed by atoms with Crippen LogP contribution >= 0.6 is 0 Å². The quantitative estimate of drug-likeness (QED) is 0.800. The summed E-state index contributed by atoms with van der Waals surface area (Å²) in [5.41, 5.74) is 3.71. The summed E-state index contributed by atoms with van der Waals surface area (Å²) in [4.78, 5) is 7.80. The average Bonchev–Trinajstić information content (AvgIpc) is 3.20. The third-order valence-electron chi connectivity index (χ3n) is 4.52. The lowest BCUT2D eigenvalue weighted by atomic mass is 10.0. The average molecular weight is 270 g/mol. The van der Waals surface area contributed by atoms with Gasteiger partial charge in [-0.05, 0) is 56.2 Å². The number of nitrogens with one attached hydrogen (secondary N) is 3. The van der Waals surface area contributed by atoms with Gasteiger partial charge >= 0.3 is 0 Å². The molecule has 4 heteroatoms. The van der Waals surface area contributed by atoms with Crippen LogP contribution in [0.1, 0.15) is 31.2 Å². The first-order valence-electron chi connectivity index (χ1n) is 7.82. The molecule has 0 bridgehead atoms. The van der Waals surface area contributed by atoms with Gasteiger partial charge < -0.3 is 15.6 Å². The van der Waals surface area contributed by atoms with E-state index in [1.165, 1.54) is 48.7 Å². The van der Waals surface area contributed by atoms with Crippen LogP contribution in [-0.2, 0) is 6.42 Å². The Labute approximate surface area is 119 Å². The van der Waals surface area contributed by atoms with Crippen molar-refractivity contribution in [2.45, 2.75) is 38.1 Å². The molecule has 4 nitrogen and oxygen atoms in total. The Hall–Kier alpha value is -1.55. The van der Waals surface area contributed by atoms with E-state index >= 15 is 0 Å². The van der Waals surface area contributed by atoms with E-state index in [4.69, 9.17) is 0 Å². The minimum absolute atomic E-state index is 0.540. The molecular formula is C16H22N4. The zero-order chi connectivity index (χ0) is 13.4. The number of hydrogen-bond acceptors (Lipinski definition) is 3. The summed E-state index contributed by atoms with van der Waals surface area (Å²) in [5.74, 6) is 0.901. The molecule has 2 fully saturated rings. The van der Waals surface area contributed by atoms with E-state index in [1.807, 2.05) is 6.20 Å². The second-order valence-corrected chi connectivity index (χ2v) is 6.23. The minimum Gasteiger partial charge on any atom is -0.380 e. The summed E-state index contributed by atoms with van der Waals surface area (Å²) in [5, 5.41) is 8.50. The molecule has 3 N–H and O–H groups in total.